The Morgan fingerprint density at radius 3 is 2.41 bits per heavy atom. The zero-order chi connectivity index (χ0) is 15.8. The molecule has 8 heteroatoms. The molecule has 0 aromatic heterocycles. The number of carbonyl (C=O) groups is 1. The van der Waals surface area contributed by atoms with Crippen LogP contribution in [-0.4, -0.2) is 29.2 Å². The zero-order valence-corrected chi connectivity index (χ0v) is 14.3. The van der Waals surface area contributed by atoms with Gasteiger partial charge in [0.1, 0.15) is 0 Å². The minimum atomic E-state index is -0.446. The summed E-state index contributed by atoms with van der Waals surface area (Å²) in [5.41, 5.74) is 5.68. The average molecular weight is 348 g/mol. The Hall–Kier alpha value is -1.31. The SMILES string of the molecule is CC(C)CC(CN)NC(=O)CSc1ccc([N+](=O)[O-])cc1.Cl. The summed E-state index contributed by atoms with van der Waals surface area (Å²) < 4.78 is 0. The summed E-state index contributed by atoms with van der Waals surface area (Å²) in [6.45, 7) is 4.59. The molecule has 1 aromatic rings. The molecule has 1 rings (SSSR count). The van der Waals surface area contributed by atoms with E-state index in [-0.39, 0.29) is 35.8 Å². The van der Waals surface area contributed by atoms with Crippen molar-refractivity contribution >= 4 is 35.8 Å². The van der Waals surface area contributed by atoms with E-state index in [1.54, 1.807) is 12.1 Å². The Morgan fingerprint density at radius 1 is 1.36 bits per heavy atom. The Bertz CT molecular complexity index is 483. The number of benzene rings is 1. The van der Waals surface area contributed by atoms with Gasteiger partial charge in [-0.1, -0.05) is 13.8 Å². The molecular formula is C14H22ClN3O3S. The molecule has 0 saturated heterocycles. The topological polar surface area (TPSA) is 98.3 Å². The van der Waals surface area contributed by atoms with Gasteiger partial charge in [0, 0.05) is 29.6 Å². The van der Waals surface area contributed by atoms with Crippen molar-refractivity contribution in [1.82, 2.24) is 5.32 Å². The monoisotopic (exact) mass is 347 g/mol. The molecule has 22 heavy (non-hydrogen) atoms. The van der Waals surface area contributed by atoms with E-state index in [1.165, 1.54) is 23.9 Å². The first kappa shape index (κ1) is 20.7. The summed E-state index contributed by atoms with van der Waals surface area (Å²) in [5.74, 6) is 0.669. The van der Waals surface area contributed by atoms with Crippen LogP contribution < -0.4 is 11.1 Å². The van der Waals surface area contributed by atoms with Gasteiger partial charge in [0.15, 0.2) is 0 Å². The molecule has 124 valence electrons. The molecule has 0 aliphatic rings. The lowest BCUT2D eigenvalue weighted by Gasteiger charge is -2.18. The Labute approximate surface area is 140 Å². The fraction of sp³-hybridized carbons (Fsp3) is 0.500. The third kappa shape index (κ3) is 7.63. The highest BCUT2D eigenvalue weighted by molar-refractivity contribution is 8.00. The molecular weight excluding hydrogens is 326 g/mol. The lowest BCUT2D eigenvalue weighted by Crippen LogP contribution is -2.41. The molecule has 0 heterocycles. The van der Waals surface area contributed by atoms with E-state index in [2.05, 4.69) is 19.2 Å². The van der Waals surface area contributed by atoms with Gasteiger partial charge in [-0.15, -0.1) is 24.2 Å². The minimum Gasteiger partial charge on any atom is -0.351 e. The van der Waals surface area contributed by atoms with Crippen molar-refractivity contribution < 1.29 is 9.72 Å². The minimum absolute atomic E-state index is 0. The summed E-state index contributed by atoms with van der Waals surface area (Å²) in [4.78, 5) is 22.8. The van der Waals surface area contributed by atoms with E-state index >= 15 is 0 Å². The molecule has 0 aliphatic carbocycles. The number of non-ortho nitro benzene ring substituents is 1. The van der Waals surface area contributed by atoms with Gasteiger partial charge >= 0.3 is 0 Å². The van der Waals surface area contributed by atoms with Gasteiger partial charge in [0.05, 0.1) is 10.7 Å². The van der Waals surface area contributed by atoms with Gasteiger partial charge in [-0.2, -0.15) is 0 Å². The van der Waals surface area contributed by atoms with E-state index < -0.39 is 4.92 Å². The number of nitrogens with one attached hydrogen (secondary N) is 1. The lowest BCUT2D eigenvalue weighted by molar-refractivity contribution is -0.384. The predicted molar refractivity (Wildman–Crippen MR) is 91.5 cm³/mol. The first-order valence-electron chi connectivity index (χ1n) is 6.79. The molecule has 0 bridgehead atoms. The van der Waals surface area contributed by atoms with Gasteiger partial charge in [0.25, 0.3) is 5.69 Å². The van der Waals surface area contributed by atoms with Crippen LogP contribution in [0, 0.1) is 16.0 Å². The van der Waals surface area contributed by atoms with Crippen LogP contribution in [0.3, 0.4) is 0 Å². The van der Waals surface area contributed by atoms with Crippen molar-refractivity contribution in [3.63, 3.8) is 0 Å². The van der Waals surface area contributed by atoms with Crippen LogP contribution in [0.2, 0.25) is 0 Å². The largest absolute Gasteiger partial charge is 0.351 e. The fourth-order valence-electron chi connectivity index (χ4n) is 1.87. The second kappa shape index (κ2) is 10.4. The Morgan fingerprint density at radius 2 is 1.95 bits per heavy atom. The van der Waals surface area contributed by atoms with Gasteiger partial charge in [-0.25, -0.2) is 0 Å². The van der Waals surface area contributed by atoms with Crippen LogP contribution in [0.25, 0.3) is 0 Å². The Kier molecular flexibility index (Phi) is 9.80. The molecule has 0 aliphatic heterocycles. The molecule has 1 amide bonds. The molecule has 1 unspecified atom stereocenters. The number of nitrogens with two attached hydrogens (primary N) is 1. The van der Waals surface area contributed by atoms with Crippen molar-refractivity contribution in [3.05, 3.63) is 34.4 Å². The number of carbonyl (C=O) groups excluding carboxylic acids is 1. The van der Waals surface area contributed by atoms with Crippen LogP contribution in [0.5, 0.6) is 0 Å². The van der Waals surface area contributed by atoms with E-state index in [1.807, 2.05) is 0 Å². The summed E-state index contributed by atoms with van der Waals surface area (Å²) in [7, 11) is 0. The van der Waals surface area contributed by atoms with E-state index in [9.17, 15) is 14.9 Å². The van der Waals surface area contributed by atoms with Crippen molar-refractivity contribution in [2.24, 2.45) is 11.7 Å². The maximum absolute atomic E-state index is 11.8. The maximum Gasteiger partial charge on any atom is 0.269 e. The third-order valence-corrected chi connectivity index (χ3v) is 3.84. The molecule has 6 nitrogen and oxygen atoms in total. The molecule has 0 saturated carbocycles. The normalized spacial score (nSPS) is 11.6. The quantitative estimate of drug-likeness (QED) is 0.428. The highest BCUT2D eigenvalue weighted by Crippen LogP contribution is 2.21. The standard InChI is InChI=1S/C14H21N3O3S.ClH/c1-10(2)7-11(8-15)16-14(18)9-21-13-5-3-12(4-6-13)17(19)20;/h3-6,10-11H,7-9,15H2,1-2H3,(H,16,18);1H. The second-order valence-electron chi connectivity index (χ2n) is 5.17. The Balaban J connectivity index is 0.00000441. The lowest BCUT2D eigenvalue weighted by atomic mass is 10.0. The van der Waals surface area contributed by atoms with Crippen LogP contribution in [0.1, 0.15) is 20.3 Å². The highest BCUT2D eigenvalue weighted by atomic mass is 35.5. The van der Waals surface area contributed by atoms with Gasteiger partial charge in [0.2, 0.25) is 5.91 Å². The van der Waals surface area contributed by atoms with Crippen molar-refractivity contribution in [3.8, 4) is 0 Å². The van der Waals surface area contributed by atoms with E-state index in [0.29, 0.717) is 12.5 Å². The molecule has 0 spiro atoms. The zero-order valence-electron chi connectivity index (χ0n) is 12.7. The van der Waals surface area contributed by atoms with Gasteiger partial charge in [-0.3, -0.25) is 14.9 Å². The van der Waals surface area contributed by atoms with Gasteiger partial charge in [-0.05, 0) is 24.5 Å². The fourth-order valence-corrected chi connectivity index (χ4v) is 2.58. The van der Waals surface area contributed by atoms with Crippen LogP contribution in [0.15, 0.2) is 29.2 Å². The third-order valence-electron chi connectivity index (χ3n) is 2.82. The highest BCUT2D eigenvalue weighted by Gasteiger charge is 2.13. The first-order valence-corrected chi connectivity index (χ1v) is 7.77. The molecule has 1 aromatic carbocycles. The molecule has 0 radical (unpaired) electrons. The number of hydrogen-bond acceptors (Lipinski definition) is 5. The van der Waals surface area contributed by atoms with E-state index in [0.717, 1.165) is 11.3 Å². The number of amides is 1. The van der Waals surface area contributed by atoms with E-state index in [4.69, 9.17) is 5.73 Å². The maximum atomic E-state index is 11.8. The number of nitrogens with zero attached hydrogens (tertiary/aromatic N) is 1. The number of nitro groups is 1. The number of thioether (sulfide) groups is 1. The van der Waals surface area contributed by atoms with Gasteiger partial charge < -0.3 is 11.1 Å². The van der Waals surface area contributed by atoms with Crippen LogP contribution in [-0.2, 0) is 4.79 Å². The number of nitro benzene ring substituents is 1. The summed E-state index contributed by atoms with van der Waals surface area (Å²) in [6, 6.07) is 6.15. The van der Waals surface area contributed by atoms with Crippen LogP contribution in [0.4, 0.5) is 5.69 Å². The molecule has 1 atom stereocenters. The number of halogens is 1. The summed E-state index contributed by atoms with van der Waals surface area (Å²) in [6.07, 6.45) is 0.852. The van der Waals surface area contributed by atoms with Crippen molar-refractivity contribution in [1.29, 1.82) is 0 Å². The van der Waals surface area contributed by atoms with Crippen LogP contribution >= 0.6 is 24.2 Å². The summed E-state index contributed by atoms with van der Waals surface area (Å²) >= 11 is 1.34. The predicted octanol–water partition coefficient (Wildman–Crippen LogP) is 2.60. The second-order valence-corrected chi connectivity index (χ2v) is 6.22. The summed E-state index contributed by atoms with van der Waals surface area (Å²) in [5, 5.41) is 13.4. The van der Waals surface area contributed by atoms with Crippen molar-refractivity contribution in [2.75, 3.05) is 12.3 Å². The number of rotatable bonds is 8. The number of hydrogen-bond donors (Lipinski definition) is 2. The first-order chi connectivity index (χ1) is 9.92. The van der Waals surface area contributed by atoms with Crippen molar-refractivity contribution in [2.45, 2.75) is 31.2 Å². The molecule has 0 fully saturated rings. The average Bonchev–Trinajstić information content (AvgIpc) is 2.44. The smallest absolute Gasteiger partial charge is 0.269 e. The molecule has 3 N–H and O–H groups in total.